The lowest BCUT2D eigenvalue weighted by Gasteiger charge is -2.23. The zero-order valence-corrected chi connectivity index (χ0v) is 30.2. The SMILES string of the molecule is COc1ccc(C#Cc2cc(C(C)(C)C)cc(C#Cc3ccc(OC)cc3)c2-c2cc3ccc4cc(C(C)(C)C)cc5ccc(c2)c3c45)cc1. The summed E-state index contributed by atoms with van der Waals surface area (Å²) >= 11 is 0. The Bertz CT molecular complexity index is 2340. The predicted octanol–water partition coefficient (Wildman–Crippen LogP) is 11.7. The number of hydrogen-bond donors (Lipinski definition) is 0. The van der Waals surface area contributed by atoms with Crippen LogP contribution in [0, 0.1) is 23.7 Å². The molecule has 0 aliphatic heterocycles. The molecule has 0 aliphatic carbocycles. The highest BCUT2D eigenvalue weighted by molar-refractivity contribution is 6.24. The van der Waals surface area contributed by atoms with E-state index in [2.05, 4.69) is 126 Å². The van der Waals surface area contributed by atoms with E-state index in [1.165, 1.54) is 43.4 Å². The van der Waals surface area contributed by atoms with Crippen molar-refractivity contribution in [2.75, 3.05) is 14.2 Å². The highest BCUT2D eigenvalue weighted by atomic mass is 16.5. The van der Waals surface area contributed by atoms with Gasteiger partial charge in [-0.25, -0.2) is 0 Å². The first-order valence-corrected chi connectivity index (χ1v) is 17.2. The van der Waals surface area contributed by atoms with Crippen LogP contribution in [0.15, 0.2) is 109 Å². The molecule has 0 N–H and O–H groups in total. The Morgan fingerprint density at radius 1 is 0.420 bits per heavy atom. The molecule has 246 valence electrons. The maximum atomic E-state index is 5.39. The van der Waals surface area contributed by atoms with Gasteiger partial charge in [-0.3, -0.25) is 0 Å². The maximum Gasteiger partial charge on any atom is 0.118 e. The molecular weight excluding hydrogens is 609 g/mol. The molecule has 7 aromatic rings. The van der Waals surface area contributed by atoms with Gasteiger partial charge in [0.05, 0.1) is 14.2 Å². The minimum Gasteiger partial charge on any atom is -0.497 e. The lowest BCUT2D eigenvalue weighted by Crippen LogP contribution is -2.12. The van der Waals surface area contributed by atoms with E-state index in [1.54, 1.807) is 14.2 Å². The van der Waals surface area contributed by atoms with E-state index in [0.29, 0.717) is 0 Å². The fourth-order valence-electron chi connectivity index (χ4n) is 6.63. The third-order valence-electron chi connectivity index (χ3n) is 9.56. The average Bonchev–Trinajstić information content (AvgIpc) is 3.11. The van der Waals surface area contributed by atoms with Crippen molar-refractivity contribution >= 4 is 32.3 Å². The van der Waals surface area contributed by atoms with Crippen LogP contribution in [-0.2, 0) is 10.8 Å². The molecule has 7 rings (SSSR count). The molecule has 0 saturated carbocycles. The molecule has 0 unspecified atom stereocenters. The first-order valence-electron chi connectivity index (χ1n) is 17.2. The summed E-state index contributed by atoms with van der Waals surface area (Å²) in [6.07, 6.45) is 0. The molecule has 50 heavy (non-hydrogen) atoms. The molecule has 2 heteroatoms. The van der Waals surface area contributed by atoms with E-state index in [1.807, 2.05) is 48.5 Å². The summed E-state index contributed by atoms with van der Waals surface area (Å²) in [6, 6.07) is 38.8. The monoisotopic (exact) mass is 650 g/mol. The lowest BCUT2D eigenvalue weighted by molar-refractivity contribution is 0.414. The van der Waals surface area contributed by atoms with E-state index in [4.69, 9.17) is 9.47 Å². The summed E-state index contributed by atoms with van der Waals surface area (Å²) in [4.78, 5) is 0. The highest BCUT2D eigenvalue weighted by Gasteiger charge is 2.21. The van der Waals surface area contributed by atoms with E-state index in [0.717, 1.165) is 44.9 Å². The van der Waals surface area contributed by atoms with Crippen molar-refractivity contribution < 1.29 is 9.47 Å². The predicted molar refractivity (Wildman–Crippen MR) is 211 cm³/mol. The standard InChI is InChI=1S/C48H42O2/c1-47(2,3)40-27-35(15-9-31-11-21-42(49-7)22-12-31)44(36(28-40)16-10-32-13-23-43(50-8)24-14-32)39-25-33-17-19-37-29-41(48(4,5)6)30-38-20-18-34(26-39)45(33)46(37)38/h11-14,17-30H,1-8H3. The van der Waals surface area contributed by atoms with Gasteiger partial charge in [-0.1, -0.05) is 102 Å². The maximum absolute atomic E-state index is 5.39. The van der Waals surface area contributed by atoms with Crippen LogP contribution in [0.2, 0.25) is 0 Å². The van der Waals surface area contributed by atoms with Crippen molar-refractivity contribution in [1.29, 1.82) is 0 Å². The van der Waals surface area contributed by atoms with Crippen molar-refractivity contribution in [1.82, 2.24) is 0 Å². The third-order valence-corrected chi connectivity index (χ3v) is 9.56. The molecule has 2 nitrogen and oxygen atoms in total. The largest absolute Gasteiger partial charge is 0.497 e. The third kappa shape index (κ3) is 6.39. The second kappa shape index (κ2) is 12.6. The van der Waals surface area contributed by atoms with E-state index in [9.17, 15) is 0 Å². The van der Waals surface area contributed by atoms with E-state index < -0.39 is 0 Å². The first-order chi connectivity index (χ1) is 23.9. The van der Waals surface area contributed by atoms with Crippen LogP contribution in [0.1, 0.15) is 74.9 Å². The Labute approximate surface area is 296 Å². The molecule has 0 amide bonds. The van der Waals surface area contributed by atoms with Gasteiger partial charge in [0.25, 0.3) is 0 Å². The lowest BCUT2D eigenvalue weighted by atomic mass is 9.81. The Kier molecular flexibility index (Phi) is 8.30. The Morgan fingerprint density at radius 3 is 1.14 bits per heavy atom. The number of methoxy groups -OCH3 is 2. The van der Waals surface area contributed by atoms with E-state index in [-0.39, 0.29) is 10.8 Å². The van der Waals surface area contributed by atoms with Crippen LogP contribution in [0.25, 0.3) is 43.4 Å². The van der Waals surface area contributed by atoms with Crippen molar-refractivity contribution in [2.45, 2.75) is 52.4 Å². The summed E-state index contributed by atoms with van der Waals surface area (Å²) in [5, 5.41) is 7.60. The molecule has 0 radical (unpaired) electrons. The number of hydrogen-bond acceptors (Lipinski definition) is 2. The van der Waals surface area contributed by atoms with Gasteiger partial charge in [-0.05, 0) is 133 Å². The molecule has 7 aromatic carbocycles. The molecular formula is C48H42O2. The summed E-state index contributed by atoms with van der Waals surface area (Å²) < 4.78 is 10.8. The van der Waals surface area contributed by atoms with E-state index >= 15 is 0 Å². The smallest absolute Gasteiger partial charge is 0.118 e. The molecule has 0 atom stereocenters. The number of ether oxygens (including phenoxy) is 2. The number of rotatable bonds is 3. The molecule has 0 aliphatic rings. The fraction of sp³-hybridized carbons (Fsp3) is 0.208. The summed E-state index contributed by atoms with van der Waals surface area (Å²) in [5.41, 5.74) is 8.40. The van der Waals surface area contributed by atoms with Crippen LogP contribution in [0.3, 0.4) is 0 Å². The van der Waals surface area contributed by atoms with Gasteiger partial charge in [0.15, 0.2) is 0 Å². The molecule has 0 saturated heterocycles. The van der Waals surface area contributed by atoms with Crippen molar-refractivity contribution in [3.8, 4) is 46.3 Å². The quantitative estimate of drug-likeness (QED) is 0.140. The Balaban J connectivity index is 1.48. The van der Waals surface area contributed by atoms with Crippen LogP contribution in [0.5, 0.6) is 11.5 Å². The summed E-state index contributed by atoms with van der Waals surface area (Å²) in [7, 11) is 3.36. The second-order valence-corrected chi connectivity index (χ2v) is 15.1. The van der Waals surface area contributed by atoms with Gasteiger partial charge in [-0.2, -0.15) is 0 Å². The van der Waals surface area contributed by atoms with Crippen LogP contribution in [0.4, 0.5) is 0 Å². The van der Waals surface area contributed by atoms with Gasteiger partial charge < -0.3 is 9.47 Å². The minimum atomic E-state index is -0.106. The molecule has 0 spiro atoms. The van der Waals surface area contributed by atoms with Gasteiger partial charge >= 0.3 is 0 Å². The highest BCUT2D eigenvalue weighted by Crippen LogP contribution is 2.41. The Hall–Kier alpha value is -5.70. The van der Waals surface area contributed by atoms with Crippen molar-refractivity contribution in [2.24, 2.45) is 0 Å². The number of benzene rings is 7. The van der Waals surface area contributed by atoms with Crippen LogP contribution < -0.4 is 9.47 Å². The van der Waals surface area contributed by atoms with Crippen LogP contribution >= 0.6 is 0 Å². The van der Waals surface area contributed by atoms with Crippen LogP contribution in [-0.4, -0.2) is 14.2 Å². The van der Waals surface area contributed by atoms with Gasteiger partial charge in [-0.15, -0.1) is 0 Å². The van der Waals surface area contributed by atoms with Gasteiger partial charge in [0.1, 0.15) is 11.5 Å². The topological polar surface area (TPSA) is 18.5 Å². The second-order valence-electron chi connectivity index (χ2n) is 15.1. The molecule has 0 heterocycles. The molecule has 0 bridgehead atoms. The normalized spacial score (nSPS) is 11.7. The zero-order valence-electron chi connectivity index (χ0n) is 30.2. The van der Waals surface area contributed by atoms with Gasteiger partial charge in [0, 0.05) is 27.8 Å². The fourth-order valence-corrected chi connectivity index (χ4v) is 6.63. The minimum absolute atomic E-state index is 0.0728. The van der Waals surface area contributed by atoms with Crippen molar-refractivity contribution in [3.63, 3.8) is 0 Å². The summed E-state index contributed by atoms with van der Waals surface area (Å²) in [6.45, 7) is 13.6. The molecule has 0 aromatic heterocycles. The first kappa shape index (κ1) is 32.8. The average molecular weight is 651 g/mol. The van der Waals surface area contributed by atoms with Crippen molar-refractivity contribution in [3.05, 3.63) is 143 Å². The Morgan fingerprint density at radius 2 is 0.780 bits per heavy atom. The molecule has 0 fully saturated rings. The summed E-state index contributed by atoms with van der Waals surface area (Å²) in [5.74, 6) is 15.7. The zero-order chi connectivity index (χ0) is 35.2. The van der Waals surface area contributed by atoms with Gasteiger partial charge in [0.2, 0.25) is 0 Å².